The third-order valence-corrected chi connectivity index (χ3v) is 2.68. The number of rotatable bonds is 4. The molecule has 1 aromatic heterocycles. The number of carboxylic acids is 1. The number of aliphatic carboxylic acids is 1. The van der Waals surface area contributed by atoms with E-state index in [1.807, 2.05) is 17.9 Å². The van der Waals surface area contributed by atoms with Crippen LogP contribution in [0.3, 0.4) is 0 Å². The maximum absolute atomic E-state index is 10.5. The van der Waals surface area contributed by atoms with E-state index >= 15 is 0 Å². The van der Waals surface area contributed by atoms with E-state index < -0.39 is 12.0 Å². The first-order valence-electron chi connectivity index (χ1n) is 4.09. The molecule has 14 heavy (non-hydrogen) atoms. The fourth-order valence-corrected chi connectivity index (χ4v) is 1.77. The summed E-state index contributed by atoms with van der Waals surface area (Å²) in [6.07, 6.45) is 3.46. The first kappa shape index (κ1) is 11.1. The van der Waals surface area contributed by atoms with Gasteiger partial charge in [0.2, 0.25) is 0 Å². The van der Waals surface area contributed by atoms with E-state index in [-0.39, 0.29) is 6.42 Å². The summed E-state index contributed by atoms with van der Waals surface area (Å²) in [6.45, 7) is 0. The van der Waals surface area contributed by atoms with Crippen molar-refractivity contribution in [1.82, 2.24) is 9.55 Å². The minimum absolute atomic E-state index is 0.0760. The van der Waals surface area contributed by atoms with Crippen molar-refractivity contribution in [2.75, 3.05) is 6.26 Å². The second-order valence-corrected chi connectivity index (χ2v) is 3.71. The molecule has 0 saturated carbocycles. The molecule has 78 valence electrons. The van der Waals surface area contributed by atoms with Gasteiger partial charge in [0.15, 0.2) is 5.16 Å². The average Bonchev–Trinajstić information content (AvgIpc) is 2.45. The quantitative estimate of drug-likeness (QED) is 0.719. The van der Waals surface area contributed by atoms with E-state index in [4.69, 9.17) is 10.8 Å². The van der Waals surface area contributed by atoms with Gasteiger partial charge < -0.3 is 15.4 Å². The molecule has 0 aliphatic rings. The maximum Gasteiger partial charge on any atom is 0.305 e. The van der Waals surface area contributed by atoms with Crippen molar-refractivity contribution in [2.24, 2.45) is 12.8 Å². The van der Waals surface area contributed by atoms with E-state index in [9.17, 15) is 4.79 Å². The summed E-state index contributed by atoms with van der Waals surface area (Å²) in [5.74, 6) is -0.899. The molecule has 0 aromatic carbocycles. The van der Waals surface area contributed by atoms with Crippen LogP contribution >= 0.6 is 11.8 Å². The van der Waals surface area contributed by atoms with E-state index in [1.165, 1.54) is 11.8 Å². The van der Waals surface area contributed by atoms with Crippen molar-refractivity contribution in [1.29, 1.82) is 0 Å². The van der Waals surface area contributed by atoms with Gasteiger partial charge in [-0.3, -0.25) is 4.79 Å². The van der Waals surface area contributed by atoms with Crippen LogP contribution in [0, 0.1) is 0 Å². The Morgan fingerprint density at radius 1 is 1.86 bits per heavy atom. The van der Waals surface area contributed by atoms with Crippen LogP contribution in [0.5, 0.6) is 0 Å². The van der Waals surface area contributed by atoms with Crippen LogP contribution in [0.15, 0.2) is 11.4 Å². The fourth-order valence-electron chi connectivity index (χ4n) is 1.23. The Morgan fingerprint density at radius 2 is 2.50 bits per heavy atom. The molecule has 0 bridgehead atoms. The second kappa shape index (κ2) is 4.47. The van der Waals surface area contributed by atoms with Crippen molar-refractivity contribution in [3.05, 3.63) is 11.9 Å². The summed E-state index contributed by atoms with van der Waals surface area (Å²) < 4.78 is 1.82. The van der Waals surface area contributed by atoms with Crippen molar-refractivity contribution in [3.8, 4) is 0 Å². The molecule has 1 rings (SSSR count). The van der Waals surface area contributed by atoms with Crippen LogP contribution in [0.1, 0.15) is 18.2 Å². The molecule has 1 aromatic rings. The second-order valence-electron chi connectivity index (χ2n) is 2.93. The number of imidazole rings is 1. The van der Waals surface area contributed by atoms with Gasteiger partial charge in [-0.15, -0.1) is 0 Å². The van der Waals surface area contributed by atoms with Crippen molar-refractivity contribution >= 4 is 17.7 Å². The standard InChI is InChI=1S/C8H13N3O2S/c1-11-6(4-10-8(11)14-2)5(9)3-7(12)13/h4-5H,3,9H2,1-2H3,(H,12,13). The van der Waals surface area contributed by atoms with Gasteiger partial charge in [0.25, 0.3) is 0 Å². The molecule has 5 nitrogen and oxygen atoms in total. The average molecular weight is 215 g/mol. The first-order chi connectivity index (χ1) is 6.56. The van der Waals surface area contributed by atoms with Gasteiger partial charge in [-0.25, -0.2) is 4.98 Å². The van der Waals surface area contributed by atoms with Crippen molar-refractivity contribution in [2.45, 2.75) is 17.6 Å². The van der Waals surface area contributed by atoms with Crippen LogP contribution in [0.2, 0.25) is 0 Å². The number of thioether (sulfide) groups is 1. The SMILES string of the molecule is CSc1ncc(C(N)CC(=O)O)n1C. The predicted molar refractivity (Wildman–Crippen MR) is 54.2 cm³/mol. The molecule has 3 N–H and O–H groups in total. The molecule has 0 spiro atoms. The van der Waals surface area contributed by atoms with Crippen LogP contribution in [-0.4, -0.2) is 26.9 Å². The molecule has 1 heterocycles. The molecule has 0 aliphatic carbocycles. The summed E-state index contributed by atoms with van der Waals surface area (Å²) in [5.41, 5.74) is 6.46. The Kier molecular flexibility index (Phi) is 3.54. The monoisotopic (exact) mass is 215 g/mol. The number of carboxylic acid groups (broad SMARTS) is 1. The zero-order chi connectivity index (χ0) is 10.7. The highest BCUT2D eigenvalue weighted by Crippen LogP contribution is 2.19. The molecule has 0 amide bonds. The van der Waals surface area contributed by atoms with Gasteiger partial charge in [-0.05, 0) is 6.26 Å². The molecule has 6 heteroatoms. The van der Waals surface area contributed by atoms with Crippen LogP contribution in [0.25, 0.3) is 0 Å². The molecule has 0 radical (unpaired) electrons. The number of nitrogens with two attached hydrogens (primary N) is 1. The van der Waals surface area contributed by atoms with Crippen molar-refractivity contribution in [3.63, 3.8) is 0 Å². The van der Waals surface area contributed by atoms with E-state index in [1.54, 1.807) is 6.20 Å². The van der Waals surface area contributed by atoms with Crippen LogP contribution < -0.4 is 5.73 Å². The molecular formula is C8H13N3O2S. The van der Waals surface area contributed by atoms with Gasteiger partial charge in [0, 0.05) is 7.05 Å². The molecule has 1 unspecified atom stereocenters. The smallest absolute Gasteiger partial charge is 0.305 e. The molecule has 0 fully saturated rings. The fraction of sp³-hybridized carbons (Fsp3) is 0.500. The van der Waals surface area contributed by atoms with Gasteiger partial charge in [0.1, 0.15) is 0 Å². The Balaban J connectivity index is 2.84. The lowest BCUT2D eigenvalue weighted by molar-refractivity contribution is -0.137. The highest BCUT2D eigenvalue weighted by molar-refractivity contribution is 7.98. The summed E-state index contributed by atoms with van der Waals surface area (Å²) in [5, 5.41) is 9.42. The van der Waals surface area contributed by atoms with Crippen LogP contribution in [0.4, 0.5) is 0 Å². The van der Waals surface area contributed by atoms with Crippen LogP contribution in [-0.2, 0) is 11.8 Å². The highest BCUT2D eigenvalue weighted by Gasteiger charge is 2.15. The largest absolute Gasteiger partial charge is 0.481 e. The third-order valence-electron chi connectivity index (χ3n) is 1.94. The Hall–Kier alpha value is -1.01. The molecule has 0 aliphatic heterocycles. The topological polar surface area (TPSA) is 81.1 Å². The Labute approximate surface area is 86.3 Å². The summed E-state index contributed by atoms with van der Waals surface area (Å²) in [4.78, 5) is 14.6. The minimum atomic E-state index is -0.899. The highest BCUT2D eigenvalue weighted by atomic mass is 32.2. The van der Waals surface area contributed by atoms with Gasteiger partial charge >= 0.3 is 5.97 Å². The zero-order valence-corrected chi connectivity index (χ0v) is 8.91. The maximum atomic E-state index is 10.5. The van der Waals surface area contributed by atoms with Gasteiger partial charge in [0.05, 0.1) is 24.4 Å². The van der Waals surface area contributed by atoms with Crippen molar-refractivity contribution < 1.29 is 9.90 Å². The number of hydrogen-bond acceptors (Lipinski definition) is 4. The number of nitrogens with zero attached hydrogens (tertiary/aromatic N) is 2. The van der Waals surface area contributed by atoms with Gasteiger partial charge in [-0.2, -0.15) is 0 Å². The number of carbonyl (C=O) groups is 1. The first-order valence-corrected chi connectivity index (χ1v) is 5.31. The third kappa shape index (κ3) is 2.27. The predicted octanol–water partition coefficient (Wildman–Crippen LogP) is 0.616. The lowest BCUT2D eigenvalue weighted by atomic mass is 10.2. The van der Waals surface area contributed by atoms with E-state index in [0.29, 0.717) is 0 Å². The van der Waals surface area contributed by atoms with E-state index in [2.05, 4.69) is 4.98 Å². The molecule has 0 saturated heterocycles. The summed E-state index contributed by atoms with van der Waals surface area (Å²) in [6, 6.07) is -0.495. The molecule has 1 atom stereocenters. The Bertz CT molecular complexity index is 337. The summed E-state index contributed by atoms with van der Waals surface area (Å²) in [7, 11) is 1.83. The lowest BCUT2D eigenvalue weighted by Crippen LogP contribution is -2.17. The Morgan fingerprint density at radius 3 is 2.93 bits per heavy atom. The summed E-state index contributed by atoms with van der Waals surface area (Å²) >= 11 is 1.50. The minimum Gasteiger partial charge on any atom is -0.481 e. The molecular weight excluding hydrogens is 202 g/mol. The lowest BCUT2D eigenvalue weighted by Gasteiger charge is -2.10. The number of aromatic nitrogens is 2. The van der Waals surface area contributed by atoms with Gasteiger partial charge in [-0.1, -0.05) is 11.8 Å². The normalized spacial score (nSPS) is 12.8. The van der Waals surface area contributed by atoms with E-state index in [0.717, 1.165) is 10.9 Å². The zero-order valence-electron chi connectivity index (χ0n) is 8.10. The number of hydrogen-bond donors (Lipinski definition) is 2.